The summed E-state index contributed by atoms with van der Waals surface area (Å²) in [7, 11) is 0. The van der Waals surface area contributed by atoms with Crippen molar-refractivity contribution in [3.63, 3.8) is 0 Å². The summed E-state index contributed by atoms with van der Waals surface area (Å²) >= 11 is 13.4. The van der Waals surface area contributed by atoms with Gasteiger partial charge in [-0.1, -0.05) is 23.2 Å². The lowest BCUT2D eigenvalue weighted by Gasteiger charge is -2.13. The molecule has 2 N–H and O–H groups in total. The van der Waals surface area contributed by atoms with E-state index in [4.69, 9.17) is 27.9 Å². The van der Waals surface area contributed by atoms with Gasteiger partial charge in [0, 0.05) is 24.9 Å². The van der Waals surface area contributed by atoms with Gasteiger partial charge in [0.05, 0.1) is 10.0 Å². The van der Waals surface area contributed by atoms with E-state index in [1.807, 2.05) is 6.26 Å². The summed E-state index contributed by atoms with van der Waals surface area (Å²) in [6.45, 7) is 1.62. The van der Waals surface area contributed by atoms with E-state index in [1.54, 1.807) is 30.0 Å². The number of aliphatic hydroxyl groups is 1. The van der Waals surface area contributed by atoms with Crippen LogP contribution in [0.1, 0.15) is 0 Å². The van der Waals surface area contributed by atoms with Crippen molar-refractivity contribution in [2.24, 2.45) is 0 Å². The predicted molar refractivity (Wildman–Crippen MR) is 79.2 cm³/mol. The van der Waals surface area contributed by atoms with Crippen LogP contribution in [0.5, 0.6) is 5.75 Å². The number of thioether (sulfide) groups is 1. The molecule has 0 saturated carbocycles. The third-order valence-electron chi connectivity index (χ3n) is 2.20. The SMILES string of the molecule is CSCCNCC(O)COc1ccc(Cl)c(Cl)c1. The Labute approximate surface area is 122 Å². The molecule has 0 amide bonds. The zero-order chi connectivity index (χ0) is 13.4. The topological polar surface area (TPSA) is 41.5 Å². The Morgan fingerprint density at radius 1 is 1.39 bits per heavy atom. The standard InChI is InChI=1S/C12H17Cl2NO2S/c1-18-5-4-15-7-9(16)8-17-10-2-3-11(13)12(14)6-10/h2-3,6,9,15-16H,4-5,7-8H2,1H3. The molecule has 102 valence electrons. The number of ether oxygens (including phenoxy) is 1. The largest absolute Gasteiger partial charge is 0.491 e. The van der Waals surface area contributed by atoms with Crippen LogP contribution < -0.4 is 10.1 Å². The second-order valence-corrected chi connectivity index (χ2v) is 5.54. The Balaban J connectivity index is 2.24. The van der Waals surface area contributed by atoms with Crippen LogP contribution in [0.2, 0.25) is 10.0 Å². The highest BCUT2D eigenvalue weighted by Crippen LogP contribution is 2.26. The Morgan fingerprint density at radius 2 is 2.17 bits per heavy atom. The Morgan fingerprint density at radius 3 is 2.83 bits per heavy atom. The fourth-order valence-corrected chi connectivity index (χ4v) is 1.90. The summed E-state index contributed by atoms with van der Waals surface area (Å²) in [5.41, 5.74) is 0. The number of rotatable bonds is 8. The summed E-state index contributed by atoms with van der Waals surface area (Å²) in [5.74, 6) is 1.63. The van der Waals surface area contributed by atoms with Crippen LogP contribution in [0.15, 0.2) is 18.2 Å². The van der Waals surface area contributed by atoms with Crippen LogP contribution in [-0.2, 0) is 0 Å². The van der Waals surface area contributed by atoms with Gasteiger partial charge in [0.1, 0.15) is 18.5 Å². The van der Waals surface area contributed by atoms with Gasteiger partial charge in [-0.25, -0.2) is 0 Å². The Hall–Kier alpha value is -0.130. The van der Waals surface area contributed by atoms with Crippen LogP contribution in [0.3, 0.4) is 0 Å². The maximum absolute atomic E-state index is 9.68. The lowest BCUT2D eigenvalue weighted by molar-refractivity contribution is 0.107. The van der Waals surface area contributed by atoms with Crippen molar-refractivity contribution in [3.8, 4) is 5.75 Å². The van der Waals surface area contributed by atoms with Crippen LogP contribution >= 0.6 is 35.0 Å². The fourth-order valence-electron chi connectivity index (χ4n) is 1.26. The number of nitrogens with one attached hydrogen (secondary N) is 1. The Kier molecular flexibility index (Phi) is 7.86. The number of aliphatic hydroxyl groups excluding tert-OH is 1. The van der Waals surface area contributed by atoms with Crippen molar-refractivity contribution < 1.29 is 9.84 Å². The monoisotopic (exact) mass is 309 g/mol. The minimum Gasteiger partial charge on any atom is -0.491 e. The van der Waals surface area contributed by atoms with Gasteiger partial charge in [0.15, 0.2) is 0 Å². The first-order valence-corrected chi connectivity index (χ1v) is 7.74. The molecule has 0 bridgehead atoms. The number of benzene rings is 1. The van der Waals surface area contributed by atoms with Crippen molar-refractivity contribution in [1.82, 2.24) is 5.32 Å². The minimum atomic E-state index is -0.540. The van der Waals surface area contributed by atoms with Crippen LogP contribution in [0.4, 0.5) is 0 Å². The van der Waals surface area contributed by atoms with Gasteiger partial charge in [-0.2, -0.15) is 11.8 Å². The zero-order valence-electron chi connectivity index (χ0n) is 10.2. The van der Waals surface area contributed by atoms with Crippen LogP contribution in [0, 0.1) is 0 Å². The molecule has 0 spiro atoms. The summed E-state index contributed by atoms with van der Waals surface area (Å²) in [6, 6.07) is 5.03. The van der Waals surface area contributed by atoms with E-state index in [-0.39, 0.29) is 6.61 Å². The molecule has 0 aliphatic heterocycles. The fraction of sp³-hybridized carbons (Fsp3) is 0.500. The first-order valence-electron chi connectivity index (χ1n) is 5.59. The van der Waals surface area contributed by atoms with E-state index >= 15 is 0 Å². The average Bonchev–Trinajstić information content (AvgIpc) is 2.36. The van der Waals surface area contributed by atoms with E-state index in [2.05, 4.69) is 5.32 Å². The summed E-state index contributed by atoms with van der Waals surface area (Å²) in [6.07, 6.45) is 1.51. The highest BCUT2D eigenvalue weighted by atomic mass is 35.5. The highest BCUT2D eigenvalue weighted by Gasteiger charge is 2.06. The summed E-state index contributed by atoms with van der Waals surface area (Å²) < 4.78 is 5.42. The van der Waals surface area contributed by atoms with Crippen molar-refractivity contribution in [3.05, 3.63) is 28.2 Å². The van der Waals surface area contributed by atoms with Crippen LogP contribution in [0.25, 0.3) is 0 Å². The molecule has 0 fully saturated rings. The van der Waals surface area contributed by atoms with Gasteiger partial charge >= 0.3 is 0 Å². The van der Waals surface area contributed by atoms with Crippen molar-refractivity contribution in [2.75, 3.05) is 31.7 Å². The number of halogens is 2. The van der Waals surface area contributed by atoms with E-state index in [0.717, 1.165) is 12.3 Å². The van der Waals surface area contributed by atoms with Gasteiger partial charge in [0.25, 0.3) is 0 Å². The normalized spacial score (nSPS) is 12.4. The molecule has 0 aliphatic rings. The third kappa shape index (κ3) is 6.16. The lowest BCUT2D eigenvalue weighted by atomic mass is 10.3. The quantitative estimate of drug-likeness (QED) is 0.725. The second kappa shape index (κ2) is 8.88. The van der Waals surface area contributed by atoms with E-state index < -0.39 is 6.10 Å². The minimum absolute atomic E-state index is 0.226. The molecule has 1 atom stereocenters. The van der Waals surface area contributed by atoms with Crippen LogP contribution in [-0.4, -0.2) is 42.9 Å². The first kappa shape index (κ1) is 15.9. The number of hydrogen-bond donors (Lipinski definition) is 2. The molecule has 1 aromatic carbocycles. The molecule has 6 heteroatoms. The molecule has 1 unspecified atom stereocenters. The first-order chi connectivity index (χ1) is 8.63. The Bertz CT molecular complexity index is 366. The van der Waals surface area contributed by atoms with Gasteiger partial charge in [-0.05, 0) is 18.4 Å². The summed E-state index contributed by atoms with van der Waals surface area (Å²) in [5, 5.41) is 13.8. The second-order valence-electron chi connectivity index (χ2n) is 3.74. The molecule has 0 heterocycles. The average molecular weight is 310 g/mol. The highest BCUT2D eigenvalue weighted by molar-refractivity contribution is 7.98. The molecule has 1 aromatic rings. The van der Waals surface area contributed by atoms with Gasteiger partial charge in [0.2, 0.25) is 0 Å². The van der Waals surface area contributed by atoms with Gasteiger partial charge in [-0.3, -0.25) is 0 Å². The maximum Gasteiger partial charge on any atom is 0.121 e. The molecular weight excluding hydrogens is 293 g/mol. The van der Waals surface area contributed by atoms with E-state index in [1.165, 1.54) is 0 Å². The van der Waals surface area contributed by atoms with Crippen molar-refractivity contribution in [2.45, 2.75) is 6.10 Å². The van der Waals surface area contributed by atoms with E-state index in [0.29, 0.717) is 22.3 Å². The molecule has 0 saturated heterocycles. The van der Waals surface area contributed by atoms with Crippen molar-refractivity contribution in [1.29, 1.82) is 0 Å². The molecule has 0 radical (unpaired) electrons. The molecule has 1 rings (SSSR count). The zero-order valence-corrected chi connectivity index (χ0v) is 12.5. The molecular formula is C12H17Cl2NO2S. The van der Waals surface area contributed by atoms with Gasteiger partial charge in [-0.15, -0.1) is 0 Å². The number of hydrogen-bond acceptors (Lipinski definition) is 4. The molecule has 3 nitrogen and oxygen atoms in total. The summed E-state index contributed by atoms with van der Waals surface area (Å²) in [4.78, 5) is 0. The third-order valence-corrected chi connectivity index (χ3v) is 3.55. The van der Waals surface area contributed by atoms with Crippen molar-refractivity contribution >= 4 is 35.0 Å². The van der Waals surface area contributed by atoms with Gasteiger partial charge < -0.3 is 15.2 Å². The lowest BCUT2D eigenvalue weighted by Crippen LogP contribution is -2.32. The molecule has 0 aromatic heterocycles. The predicted octanol–water partition coefficient (Wildman–Crippen LogP) is 2.69. The maximum atomic E-state index is 9.68. The van der Waals surface area contributed by atoms with E-state index in [9.17, 15) is 5.11 Å². The smallest absolute Gasteiger partial charge is 0.121 e. The molecule has 18 heavy (non-hydrogen) atoms. The molecule has 0 aliphatic carbocycles.